The molecule has 33 heavy (non-hydrogen) atoms. The molecule has 0 saturated carbocycles. The topological polar surface area (TPSA) is 102 Å². The summed E-state index contributed by atoms with van der Waals surface area (Å²) in [5, 5.41) is 20.2. The van der Waals surface area contributed by atoms with Crippen LogP contribution in [-0.4, -0.2) is 40.2 Å². The molecule has 9 heteroatoms. The Morgan fingerprint density at radius 2 is 1.82 bits per heavy atom. The minimum atomic E-state index is -0.890. The number of aliphatic hydroxyl groups excluding tert-OH is 1. The van der Waals surface area contributed by atoms with Gasteiger partial charge in [-0.1, -0.05) is 23.5 Å². The van der Waals surface area contributed by atoms with Crippen LogP contribution in [0.15, 0.2) is 54.1 Å². The summed E-state index contributed by atoms with van der Waals surface area (Å²) in [4.78, 5) is 27.5. The average molecular weight is 466 g/mol. The number of ketones is 1. The Balaban J connectivity index is 1.87. The lowest BCUT2D eigenvalue weighted by Gasteiger charge is -2.23. The molecule has 1 atom stereocenters. The van der Waals surface area contributed by atoms with E-state index in [4.69, 9.17) is 9.47 Å². The fourth-order valence-electron chi connectivity index (χ4n) is 3.66. The third-order valence-corrected chi connectivity index (χ3v) is 5.91. The van der Waals surface area contributed by atoms with Crippen LogP contribution in [0.1, 0.15) is 36.0 Å². The molecule has 1 N–H and O–H groups in total. The van der Waals surface area contributed by atoms with Crippen molar-refractivity contribution in [2.75, 3.05) is 12.0 Å². The number of carbonyl (C=O) groups excluding carboxylic acids is 2. The number of aromatic nitrogens is 2. The number of ether oxygens (including phenoxy) is 2. The van der Waals surface area contributed by atoms with Gasteiger partial charge >= 0.3 is 5.91 Å². The van der Waals surface area contributed by atoms with Crippen molar-refractivity contribution in [2.45, 2.75) is 32.9 Å². The first-order valence-corrected chi connectivity index (χ1v) is 11.1. The van der Waals surface area contributed by atoms with Gasteiger partial charge in [0.1, 0.15) is 22.3 Å². The van der Waals surface area contributed by atoms with E-state index in [0.29, 0.717) is 27.6 Å². The molecule has 1 saturated heterocycles. The predicted molar refractivity (Wildman–Crippen MR) is 125 cm³/mol. The Kier molecular flexibility index (Phi) is 6.15. The molecule has 0 bridgehead atoms. The standard InChI is InChI=1S/C24H23N3O5S/c1-13(2)32-17-10-8-15(9-11-17)21(28)19-20(16-6-5-7-18(12-16)31-4)27(23(30)22(19)29)24-26-25-14(3)33-24/h5-13,20,28H,1-4H3/t20-/m1/s1. The zero-order chi connectivity index (χ0) is 23.7. The van der Waals surface area contributed by atoms with Gasteiger partial charge < -0.3 is 14.6 Å². The molecule has 1 fully saturated rings. The number of hydrogen-bond acceptors (Lipinski definition) is 8. The van der Waals surface area contributed by atoms with E-state index in [-0.39, 0.29) is 22.6 Å². The number of aliphatic hydroxyl groups is 1. The van der Waals surface area contributed by atoms with Crippen LogP contribution in [0.2, 0.25) is 0 Å². The smallest absolute Gasteiger partial charge is 0.301 e. The normalized spacial score (nSPS) is 17.6. The van der Waals surface area contributed by atoms with Gasteiger partial charge in [-0.15, -0.1) is 10.2 Å². The molecule has 4 rings (SSSR count). The summed E-state index contributed by atoms with van der Waals surface area (Å²) in [6.07, 6.45) is -0.00167. The molecule has 1 aliphatic rings. The predicted octanol–water partition coefficient (Wildman–Crippen LogP) is 4.27. The fraction of sp³-hybridized carbons (Fsp3) is 0.250. The van der Waals surface area contributed by atoms with Crippen LogP contribution in [0.25, 0.3) is 5.76 Å². The molecular formula is C24H23N3O5S. The van der Waals surface area contributed by atoms with Gasteiger partial charge in [0, 0.05) is 5.56 Å². The number of nitrogens with zero attached hydrogens (tertiary/aromatic N) is 3. The highest BCUT2D eigenvalue weighted by Crippen LogP contribution is 2.43. The summed E-state index contributed by atoms with van der Waals surface area (Å²) in [7, 11) is 1.53. The molecule has 0 spiro atoms. The Hall–Kier alpha value is -3.72. The van der Waals surface area contributed by atoms with Gasteiger partial charge in [0.2, 0.25) is 5.13 Å². The van der Waals surface area contributed by atoms with Gasteiger partial charge in [-0.05, 0) is 62.7 Å². The van der Waals surface area contributed by atoms with Crippen molar-refractivity contribution in [1.82, 2.24) is 10.2 Å². The zero-order valence-electron chi connectivity index (χ0n) is 18.6. The van der Waals surface area contributed by atoms with E-state index in [1.165, 1.54) is 23.3 Å². The Morgan fingerprint density at radius 1 is 1.09 bits per heavy atom. The molecule has 0 aliphatic carbocycles. The quantitative estimate of drug-likeness (QED) is 0.329. The van der Waals surface area contributed by atoms with Crippen molar-refractivity contribution in [2.24, 2.45) is 0 Å². The monoisotopic (exact) mass is 465 g/mol. The largest absolute Gasteiger partial charge is 0.507 e. The Morgan fingerprint density at radius 3 is 2.42 bits per heavy atom. The maximum atomic E-state index is 13.2. The van der Waals surface area contributed by atoms with Crippen LogP contribution >= 0.6 is 11.3 Å². The highest BCUT2D eigenvalue weighted by Gasteiger charge is 2.48. The molecule has 0 radical (unpaired) electrons. The highest BCUT2D eigenvalue weighted by atomic mass is 32.1. The van der Waals surface area contributed by atoms with Crippen molar-refractivity contribution < 1.29 is 24.2 Å². The van der Waals surface area contributed by atoms with Gasteiger partial charge in [0.25, 0.3) is 5.78 Å². The number of hydrogen-bond donors (Lipinski definition) is 1. The van der Waals surface area contributed by atoms with Crippen molar-refractivity contribution in [1.29, 1.82) is 0 Å². The van der Waals surface area contributed by atoms with Crippen LogP contribution < -0.4 is 14.4 Å². The first-order chi connectivity index (χ1) is 15.8. The third kappa shape index (κ3) is 4.31. The second kappa shape index (κ2) is 9.03. The summed E-state index contributed by atoms with van der Waals surface area (Å²) < 4.78 is 11.0. The first kappa shape index (κ1) is 22.5. The van der Waals surface area contributed by atoms with Crippen LogP contribution in [0.3, 0.4) is 0 Å². The molecule has 1 aliphatic heterocycles. The number of Topliss-reactive ketones (excluding diaryl/α,β-unsaturated/α-hetero) is 1. The molecule has 8 nitrogen and oxygen atoms in total. The minimum absolute atomic E-state index is 0.00167. The maximum Gasteiger partial charge on any atom is 0.301 e. The van der Waals surface area contributed by atoms with Crippen LogP contribution in [-0.2, 0) is 9.59 Å². The summed E-state index contributed by atoms with van der Waals surface area (Å²) in [5.74, 6) is -0.658. The number of carbonyl (C=O) groups is 2. The second-order valence-corrected chi connectivity index (χ2v) is 8.90. The van der Waals surface area contributed by atoms with Gasteiger partial charge in [-0.3, -0.25) is 14.5 Å². The number of methoxy groups -OCH3 is 1. The van der Waals surface area contributed by atoms with E-state index in [9.17, 15) is 14.7 Å². The van der Waals surface area contributed by atoms with Crippen molar-refractivity contribution >= 4 is 33.9 Å². The van der Waals surface area contributed by atoms with Gasteiger partial charge in [0.05, 0.1) is 24.8 Å². The van der Waals surface area contributed by atoms with E-state index in [0.717, 1.165) is 0 Å². The van der Waals surface area contributed by atoms with Crippen molar-refractivity contribution in [3.05, 3.63) is 70.2 Å². The highest BCUT2D eigenvalue weighted by molar-refractivity contribution is 7.15. The molecule has 170 valence electrons. The van der Waals surface area contributed by atoms with Crippen LogP contribution in [0, 0.1) is 6.92 Å². The number of amides is 1. The molecule has 2 heterocycles. The fourth-order valence-corrected chi connectivity index (χ4v) is 4.37. The molecule has 1 aromatic heterocycles. The molecule has 0 unspecified atom stereocenters. The van der Waals surface area contributed by atoms with Crippen molar-refractivity contribution in [3.8, 4) is 11.5 Å². The molecule has 3 aromatic rings. The number of aryl methyl sites for hydroxylation is 1. The van der Waals surface area contributed by atoms with E-state index >= 15 is 0 Å². The second-order valence-electron chi connectivity index (χ2n) is 7.74. The van der Waals surface area contributed by atoms with Gasteiger partial charge in [-0.2, -0.15) is 0 Å². The number of anilines is 1. The van der Waals surface area contributed by atoms with Crippen LogP contribution in [0.4, 0.5) is 5.13 Å². The Labute approximate surface area is 195 Å². The summed E-state index contributed by atoms with van der Waals surface area (Å²) in [5.41, 5.74) is 0.965. The summed E-state index contributed by atoms with van der Waals surface area (Å²) >= 11 is 1.19. The zero-order valence-corrected chi connectivity index (χ0v) is 19.4. The van der Waals surface area contributed by atoms with E-state index in [1.807, 2.05) is 13.8 Å². The average Bonchev–Trinajstić information content (AvgIpc) is 3.34. The third-order valence-electron chi connectivity index (χ3n) is 5.07. The summed E-state index contributed by atoms with van der Waals surface area (Å²) in [6.45, 7) is 5.59. The lowest BCUT2D eigenvalue weighted by Crippen LogP contribution is -2.29. The van der Waals surface area contributed by atoms with E-state index in [2.05, 4.69) is 10.2 Å². The lowest BCUT2D eigenvalue weighted by molar-refractivity contribution is -0.132. The molecule has 2 aromatic carbocycles. The van der Waals surface area contributed by atoms with Gasteiger partial charge in [0.15, 0.2) is 0 Å². The van der Waals surface area contributed by atoms with Crippen molar-refractivity contribution in [3.63, 3.8) is 0 Å². The minimum Gasteiger partial charge on any atom is -0.507 e. The SMILES string of the molecule is COc1cccc([C@@H]2C(=C(O)c3ccc(OC(C)C)cc3)C(=O)C(=O)N2c2nnc(C)s2)c1. The number of rotatable bonds is 6. The van der Waals surface area contributed by atoms with Gasteiger partial charge in [-0.25, -0.2) is 0 Å². The molecular weight excluding hydrogens is 442 g/mol. The lowest BCUT2D eigenvalue weighted by atomic mass is 9.95. The molecule has 1 amide bonds. The van der Waals surface area contributed by atoms with Crippen LogP contribution in [0.5, 0.6) is 11.5 Å². The van der Waals surface area contributed by atoms with E-state index in [1.54, 1.807) is 55.5 Å². The maximum absolute atomic E-state index is 13.2. The first-order valence-electron chi connectivity index (χ1n) is 10.3. The number of benzene rings is 2. The van der Waals surface area contributed by atoms with E-state index < -0.39 is 17.7 Å². The Bertz CT molecular complexity index is 1230. The summed E-state index contributed by atoms with van der Waals surface area (Å²) in [6, 6.07) is 12.8.